The monoisotopic (exact) mass is 478 g/mol. The summed E-state index contributed by atoms with van der Waals surface area (Å²) >= 11 is 0. The maximum absolute atomic E-state index is 12.8. The van der Waals surface area contributed by atoms with Crippen LogP contribution in [0, 0.1) is 0 Å². The Bertz CT molecular complexity index is 1130. The van der Waals surface area contributed by atoms with Crippen LogP contribution in [0.25, 0.3) is 11.0 Å². The smallest absolute Gasteiger partial charge is 0.307 e. The van der Waals surface area contributed by atoms with Gasteiger partial charge in [-0.05, 0) is 58.2 Å². The first-order valence-corrected chi connectivity index (χ1v) is 12.8. The van der Waals surface area contributed by atoms with Crippen molar-refractivity contribution >= 4 is 32.9 Å². The van der Waals surface area contributed by atoms with E-state index in [2.05, 4.69) is 4.98 Å². The lowest BCUT2D eigenvalue weighted by molar-refractivity contribution is -0.162. The fraction of sp³-hybridized carbons (Fsp3) is 0.609. The van der Waals surface area contributed by atoms with Crippen LogP contribution in [0.15, 0.2) is 23.1 Å². The van der Waals surface area contributed by atoms with E-state index in [1.807, 2.05) is 30.4 Å². The molecular formula is C23H34N4O5S. The number of carbonyl (C=O) groups is 2. The molecule has 1 amide bonds. The molecule has 0 spiro atoms. The fourth-order valence-electron chi connectivity index (χ4n) is 4.41. The number of imidazole rings is 1. The van der Waals surface area contributed by atoms with Crippen LogP contribution in [0.3, 0.4) is 0 Å². The number of rotatable bonds is 7. The molecule has 0 N–H and O–H groups in total. The van der Waals surface area contributed by atoms with Crippen molar-refractivity contribution in [2.75, 3.05) is 14.1 Å². The number of nitrogens with zero attached hydrogens (tertiary/aromatic N) is 4. The van der Waals surface area contributed by atoms with Gasteiger partial charge in [0, 0.05) is 39.6 Å². The standard InChI is InChI=1S/C23H34N4O5S/c1-15-8-7-9-16(2)27(15)23(29)17(3)32-22(28)13-12-21-24-19-14-18(33(30,31)25(4)5)10-11-20(19)26(21)6/h10-11,14-17H,7-9,12-13H2,1-6H3/t15-,16-,17-/m1/s1. The Balaban J connectivity index is 1.65. The Morgan fingerprint density at radius 1 is 1.21 bits per heavy atom. The Hall–Kier alpha value is -2.46. The molecule has 10 heteroatoms. The lowest BCUT2D eigenvalue weighted by Crippen LogP contribution is -2.51. The van der Waals surface area contributed by atoms with Crippen LogP contribution in [0.4, 0.5) is 0 Å². The van der Waals surface area contributed by atoms with Crippen LogP contribution in [-0.4, -0.2) is 71.3 Å². The van der Waals surface area contributed by atoms with Crippen molar-refractivity contribution in [2.45, 2.75) is 76.0 Å². The zero-order valence-corrected chi connectivity index (χ0v) is 21.1. The average molecular weight is 479 g/mol. The van der Waals surface area contributed by atoms with Crippen molar-refractivity contribution < 1.29 is 22.7 Å². The maximum atomic E-state index is 12.8. The van der Waals surface area contributed by atoms with Gasteiger partial charge in [-0.15, -0.1) is 0 Å². The number of carbonyl (C=O) groups excluding carboxylic acids is 2. The zero-order chi connectivity index (χ0) is 24.5. The Labute approximate surface area is 195 Å². The molecule has 0 aliphatic carbocycles. The highest BCUT2D eigenvalue weighted by atomic mass is 32.2. The van der Waals surface area contributed by atoms with Gasteiger partial charge in [-0.2, -0.15) is 0 Å². The molecule has 1 fully saturated rings. The number of aryl methyl sites for hydroxylation is 2. The van der Waals surface area contributed by atoms with Crippen molar-refractivity contribution in [2.24, 2.45) is 7.05 Å². The van der Waals surface area contributed by atoms with E-state index in [-0.39, 0.29) is 29.3 Å². The molecule has 2 aromatic rings. The van der Waals surface area contributed by atoms with E-state index in [4.69, 9.17) is 4.74 Å². The molecule has 3 rings (SSSR count). The largest absolute Gasteiger partial charge is 0.453 e. The summed E-state index contributed by atoms with van der Waals surface area (Å²) in [6, 6.07) is 5.08. The summed E-state index contributed by atoms with van der Waals surface area (Å²) in [7, 11) is 1.22. The number of sulfonamides is 1. The number of benzene rings is 1. The highest BCUT2D eigenvalue weighted by Crippen LogP contribution is 2.24. The summed E-state index contributed by atoms with van der Waals surface area (Å²) in [6.07, 6.45) is 2.57. The number of ether oxygens (including phenoxy) is 1. The van der Waals surface area contributed by atoms with Crippen molar-refractivity contribution in [3.05, 3.63) is 24.0 Å². The Morgan fingerprint density at radius 3 is 2.45 bits per heavy atom. The Kier molecular flexibility index (Phi) is 7.48. The second kappa shape index (κ2) is 9.80. The quantitative estimate of drug-likeness (QED) is 0.567. The second-order valence-corrected chi connectivity index (χ2v) is 11.2. The average Bonchev–Trinajstić information content (AvgIpc) is 3.06. The van der Waals surface area contributed by atoms with Gasteiger partial charge in [-0.25, -0.2) is 17.7 Å². The number of piperidine rings is 1. The third-order valence-corrected chi connectivity index (χ3v) is 8.19. The number of esters is 1. The third kappa shape index (κ3) is 5.22. The molecule has 182 valence electrons. The van der Waals surface area contributed by atoms with E-state index in [0.717, 1.165) is 29.1 Å². The summed E-state index contributed by atoms with van der Waals surface area (Å²) in [5.41, 5.74) is 1.31. The first kappa shape index (κ1) is 25.2. The SMILES string of the molecule is C[C@@H]1CCC[C@@H](C)N1C(=O)[C@@H](C)OC(=O)CCc1nc2cc(S(=O)(=O)N(C)C)ccc2n1C. The van der Waals surface area contributed by atoms with Gasteiger partial charge in [0.05, 0.1) is 22.3 Å². The summed E-state index contributed by atoms with van der Waals surface area (Å²) in [5.74, 6) is 0.0233. The van der Waals surface area contributed by atoms with Gasteiger partial charge >= 0.3 is 5.97 Å². The van der Waals surface area contributed by atoms with Gasteiger partial charge in [0.15, 0.2) is 6.10 Å². The molecule has 1 aliphatic rings. The fourth-order valence-corrected chi connectivity index (χ4v) is 5.33. The molecule has 0 saturated carbocycles. The molecule has 0 radical (unpaired) electrons. The van der Waals surface area contributed by atoms with E-state index < -0.39 is 22.1 Å². The predicted molar refractivity (Wildman–Crippen MR) is 125 cm³/mol. The van der Waals surface area contributed by atoms with E-state index >= 15 is 0 Å². The number of aromatic nitrogens is 2. The first-order chi connectivity index (χ1) is 15.4. The summed E-state index contributed by atoms with van der Waals surface area (Å²) in [4.78, 5) is 31.8. The van der Waals surface area contributed by atoms with Gasteiger partial charge < -0.3 is 14.2 Å². The number of hydrogen-bond donors (Lipinski definition) is 0. The lowest BCUT2D eigenvalue weighted by Gasteiger charge is -2.40. The van der Waals surface area contributed by atoms with Crippen LogP contribution < -0.4 is 0 Å². The maximum Gasteiger partial charge on any atom is 0.307 e. The van der Waals surface area contributed by atoms with Gasteiger partial charge in [0.2, 0.25) is 10.0 Å². The molecule has 1 saturated heterocycles. The molecule has 1 aromatic heterocycles. The topological polar surface area (TPSA) is 102 Å². The van der Waals surface area contributed by atoms with E-state index in [1.165, 1.54) is 20.2 Å². The van der Waals surface area contributed by atoms with Crippen molar-refractivity contribution in [3.63, 3.8) is 0 Å². The lowest BCUT2D eigenvalue weighted by atomic mass is 9.97. The molecule has 1 aromatic carbocycles. The molecule has 2 heterocycles. The van der Waals surface area contributed by atoms with Gasteiger partial charge in [-0.3, -0.25) is 9.59 Å². The molecule has 1 aliphatic heterocycles. The van der Waals surface area contributed by atoms with E-state index in [1.54, 1.807) is 19.1 Å². The van der Waals surface area contributed by atoms with E-state index in [9.17, 15) is 18.0 Å². The molecular weight excluding hydrogens is 444 g/mol. The van der Waals surface area contributed by atoms with Crippen LogP contribution in [0.5, 0.6) is 0 Å². The minimum absolute atomic E-state index is 0.0722. The van der Waals surface area contributed by atoms with Gasteiger partial charge in [-0.1, -0.05) is 0 Å². The Morgan fingerprint density at radius 2 is 1.85 bits per heavy atom. The molecule has 3 atom stereocenters. The van der Waals surface area contributed by atoms with Crippen molar-refractivity contribution in [3.8, 4) is 0 Å². The summed E-state index contributed by atoms with van der Waals surface area (Å²) < 4.78 is 33.2. The summed E-state index contributed by atoms with van der Waals surface area (Å²) in [5, 5.41) is 0. The zero-order valence-electron chi connectivity index (χ0n) is 20.2. The second-order valence-electron chi connectivity index (χ2n) is 9.03. The number of fused-ring (bicyclic) bond motifs is 1. The van der Waals surface area contributed by atoms with E-state index in [0.29, 0.717) is 17.8 Å². The predicted octanol–water partition coefficient (Wildman–Crippen LogP) is 2.48. The van der Waals surface area contributed by atoms with Crippen molar-refractivity contribution in [1.29, 1.82) is 0 Å². The minimum atomic E-state index is -3.56. The molecule has 0 unspecified atom stereocenters. The summed E-state index contributed by atoms with van der Waals surface area (Å²) in [6.45, 7) is 5.68. The van der Waals surface area contributed by atoms with Crippen LogP contribution in [0.1, 0.15) is 52.3 Å². The number of amides is 1. The van der Waals surface area contributed by atoms with Crippen LogP contribution in [0.2, 0.25) is 0 Å². The normalized spacial score (nSPS) is 20.3. The third-order valence-electron chi connectivity index (χ3n) is 6.38. The van der Waals surface area contributed by atoms with Crippen LogP contribution in [-0.2, 0) is 37.8 Å². The molecule has 0 bridgehead atoms. The van der Waals surface area contributed by atoms with Crippen LogP contribution >= 0.6 is 0 Å². The first-order valence-electron chi connectivity index (χ1n) is 11.3. The van der Waals surface area contributed by atoms with Gasteiger partial charge in [0.25, 0.3) is 5.91 Å². The highest BCUT2D eigenvalue weighted by molar-refractivity contribution is 7.89. The minimum Gasteiger partial charge on any atom is -0.453 e. The number of likely N-dealkylation sites (tertiary alicyclic amines) is 1. The highest BCUT2D eigenvalue weighted by Gasteiger charge is 2.33. The molecule has 9 nitrogen and oxygen atoms in total. The number of hydrogen-bond acceptors (Lipinski definition) is 6. The molecule has 33 heavy (non-hydrogen) atoms. The van der Waals surface area contributed by atoms with Gasteiger partial charge in [0.1, 0.15) is 5.82 Å². The van der Waals surface area contributed by atoms with Crippen molar-refractivity contribution in [1.82, 2.24) is 18.8 Å².